The molecule has 3 unspecified atom stereocenters. The number of sulfonamides is 1. The second-order valence-electron chi connectivity index (χ2n) is 9.58. The van der Waals surface area contributed by atoms with Crippen molar-refractivity contribution in [3.8, 4) is 5.69 Å². The lowest BCUT2D eigenvalue weighted by Crippen LogP contribution is -2.56. The van der Waals surface area contributed by atoms with Gasteiger partial charge in [0.05, 0.1) is 22.3 Å². The normalized spacial score (nSPS) is 23.0. The molecule has 0 amide bonds. The van der Waals surface area contributed by atoms with Gasteiger partial charge < -0.3 is 9.84 Å². The third kappa shape index (κ3) is 3.81. The molecule has 2 bridgehead atoms. The van der Waals surface area contributed by atoms with Gasteiger partial charge in [-0.2, -0.15) is 4.31 Å². The summed E-state index contributed by atoms with van der Waals surface area (Å²) in [4.78, 5) is 14.2. The topological polar surface area (TPSA) is 131 Å². The zero-order valence-electron chi connectivity index (χ0n) is 19.7. The molecule has 0 spiro atoms. The lowest BCUT2D eigenvalue weighted by molar-refractivity contribution is 0.0535. The molecule has 188 valence electrons. The van der Waals surface area contributed by atoms with Crippen molar-refractivity contribution in [1.29, 1.82) is 0 Å². The molecule has 0 aliphatic carbocycles. The van der Waals surface area contributed by atoms with Crippen LogP contribution in [0.15, 0.2) is 47.6 Å². The average Bonchev–Trinajstić information content (AvgIpc) is 3.59. The lowest BCUT2D eigenvalue weighted by atomic mass is 9.95. The van der Waals surface area contributed by atoms with E-state index >= 15 is 0 Å². The van der Waals surface area contributed by atoms with Crippen molar-refractivity contribution in [1.82, 2.24) is 29.4 Å². The van der Waals surface area contributed by atoms with Gasteiger partial charge in [-0.1, -0.05) is 6.07 Å². The van der Waals surface area contributed by atoms with Crippen molar-refractivity contribution in [3.63, 3.8) is 0 Å². The monoisotopic (exact) mass is 510 g/mol. The number of rotatable bonds is 6. The van der Waals surface area contributed by atoms with Crippen LogP contribution in [0, 0.1) is 6.92 Å². The van der Waals surface area contributed by atoms with Crippen molar-refractivity contribution in [2.45, 2.75) is 49.5 Å². The quantitative estimate of drug-likeness (QED) is 0.486. The van der Waals surface area contributed by atoms with E-state index in [0.29, 0.717) is 30.9 Å². The molecular formula is C24H26N6O5S. The van der Waals surface area contributed by atoms with E-state index in [1.165, 1.54) is 11.0 Å². The van der Waals surface area contributed by atoms with Crippen molar-refractivity contribution in [2.75, 3.05) is 19.6 Å². The van der Waals surface area contributed by atoms with E-state index in [4.69, 9.17) is 4.74 Å². The molecule has 0 radical (unpaired) electrons. The molecule has 6 rings (SSSR count). The second kappa shape index (κ2) is 8.73. The van der Waals surface area contributed by atoms with Crippen LogP contribution < -0.4 is 0 Å². The lowest BCUT2D eigenvalue weighted by Gasteiger charge is -2.40. The molecule has 12 heteroatoms. The van der Waals surface area contributed by atoms with E-state index in [1.807, 2.05) is 6.92 Å². The van der Waals surface area contributed by atoms with Crippen LogP contribution in [0.4, 0.5) is 0 Å². The van der Waals surface area contributed by atoms with Crippen LogP contribution in [0.25, 0.3) is 5.69 Å². The van der Waals surface area contributed by atoms with E-state index in [-0.39, 0.29) is 29.6 Å². The molecule has 3 aliphatic heterocycles. The number of fused-ring (bicyclic) bond motifs is 3. The van der Waals surface area contributed by atoms with Gasteiger partial charge in [0.15, 0.2) is 0 Å². The minimum absolute atomic E-state index is 0.146. The number of esters is 1. The summed E-state index contributed by atoms with van der Waals surface area (Å²) < 4.78 is 35.4. The van der Waals surface area contributed by atoms with Crippen LogP contribution in [0.5, 0.6) is 0 Å². The molecule has 2 fully saturated rings. The SMILES string of the molecule is Cc1c(C(O)CN2CC3CCC(C2)N3S(=O)(=O)c2ccc(-n3cnnn3)cc2)ccc2c1COC2=O. The van der Waals surface area contributed by atoms with Gasteiger partial charge >= 0.3 is 5.97 Å². The number of β-amino-alcohol motifs (C(OH)–C–C–N with tert-alkyl or cyclic N) is 1. The first-order valence-electron chi connectivity index (χ1n) is 11.9. The van der Waals surface area contributed by atoms with Crippen LogP contribution in [0.1, 0.15) is 46.0 Å². The predicted octanol–water partition coefficient (Wildman–Crippen LogP) is 1.21. The molecule has 0 saturated carbocycles. The highest BCUT2D eigenvalue weighted by Gasteiger charge is 2.47. The third-order valence-electron chi connectivity index (χ3n) is 7.51. The van der Waals surface area contributed by atoms with Gasteiger partial charge in [0.25, 0.3) is 0 Å². The fraction of sp³-hybridized carbons (Fsp3) is 0.417. The maximum atomic E-state index is 13.5. The first-order valence-corrected chi connectivity index (χ1v) is 13.3. The number of likely N-dealkylation sites (tertiary alicyclic amines) is 1. The zero-order chi connectivity index (χ0) is 25.0. The Labute approximate surface area is 208 Å². The standard InChI is InChI=1S/C24H26N6O5S/c1-15-20(8-9-21-22(15)13-35-24(21)32)23(31)12-28-10-17-2-3-18(11-28)30(17)36(33,34)19-6-4-16(5-7-19)29-14-25-26-27-29/h4-9,14,17-18,23,31H,2-3,10-13H2,1H3. The number of tetrazole rings is 1. The highest BCUT2D eigenvalue weighted by atomic mass is 32.2. The van der Waals surface area contributed by atoms with Crippen molar-refractivity contribution >= 4 is 16.0 Å². The van der Waals surface area contributed by atoms with E-state index in [2.05, 4.69) is 20.4 Å². The number of carbonyl (C=O) groups excluding carboxylic acids is 1. The Morgan fingerprint density at radius 3 is 2.50 bits per heavy atom. The number of ether oxygens (including phenoxy) is 1. The van der Waals surface area contributed by atoms with Gasteiger partial charge in [-0.25, -0.2) is 17.9 Å². The van der Waals surface area contributed by atoms with Gasteiger partial charge in [-0.05, 0) is 71.7 Å². The number of aliphatic hydroxyl groups is 1. The van der Waals surface area contributed by atoms with Crippen LogP contribution >= 0.6 is 0 Å². The van der Waals surface area contributed by atoms with Crippen LogP contribution in [-0.2, 0) is 21.4 Å². The molecule has 1 aromatic heterocycles. The largest absolute Gasteiger partial charge is 0.457 e. The summed E-state index contributed by atoms with van der Waals surface area (Å²) in [5, 5.41) is 22.1. The molecular weight excluding hydrogens is 484 g/mol. The summed E-state index contributed by atoms with van der Waals surface area (Å²) in [6.45, 7) is 3.65. The van der Waals surface area contributed by atoms with Gasteiger partial charge in [0.1, 0.15) is 12.9 Å². The molecule has 3 aliphatic rings. The first-order chi connectivity index (χ1) is 17.3. The smallest absolute Gasteiger partial charge is 0.338 e. The fourth-order valence-electron chi connectivity index (χ4n) is 5.74. The summed E-state index contributed by atoms with van der Waals surface area (Å²) in [5.41, 5.74) is 3.72. The van der Waals surface area contributed by atoms with Crippen LogP contribution in [0.2, 0.25) is 0 Å². The Balaban J connectivity index is 1.16. The van der Waals surface area contributed by atoms with Crippen LogP contribution in [0.3, 0.4) is 0 Å². The maximum absolute atomic E-state index is 13.5. The predicted molar refractivity (Wildman–Crippen MR) is 127 cm³/mol. The van der Waals surface area contributed by atoms with Crippen molar-refractivity contribution in [2.24, 2.45) is 0 Å². The Bertz CT molecular complexity index is 1400. The van der Waals surface area contributed by atoms with Gasteiger partial charge in [-0.3, -0.25) is 4.90 Å². The molecule has 3 aromatic rings. The molecule has 3 atom stereocenters. The molecule has 4 heterocycles. The van der Waals surface area contributed by atoms with E-state index in [9.17, 15) is 18.3 Å². The molecule has 2 saturated heterocycles. The highest BCUT2D eigenvalue weighted by molar-refractivity contribution is 7.89. The average molecular weight is 511 g/mol. The Kier molecular flexibility index (Phi) is 5.63. The summed E-state index contributed by atoms with van der Waals surface area (Å²) >= 11 is 0. The third-order valence-corrected chi connectivity index (χ3v) is 9.53. The minimum Gasteiger partial charge on any atom is -0.457 e. The molecule has 11 nitrogen and oxygen atoms in total. The summed E-state index contributed by atoms with van der Waals surface area (Å²) in [6, 6.07) is 9.78. The highest BCUT2D eigenvalue weighted by Crippen LogP contribution is 2.37. The van der Waals surface area contributed by atoms with Crippen molar-refractivity contribution in [3.05, 3.63) is 65.0 Å². The van der Waals surface area contributed by atoms with Crippen molar-refractivity contribution < 1.29 is 23.1 Å². The fourth-order valence-corrected chi connectivity index (χ4v) is 7.59. The molecule has 2 aromatic carbocycles. The number of hydrogen-bond acceptors (Lipinski definition) is 9. The minimum atomic E-state index is -3.67. The number of hydrogen-bond donors (Lipinski definition) is 1. The number of benzene rings is 2. The van der Waals surface area contributed by atoms with E-state index in [0.717, 1.165) is 29.5 Å². The van der Waals surface area contributed by atoms with Gasteiger partial charge in [0.2, 0.25) is 10.0 Å². The second-order valence-corrected chi connectivity index (χ2v) is 11.4. The number of carbonyl (C=O) groups is 1. The van der Waals surface area contributed by atoms with E-state index < -0.39 is 16.1 Å². The molecule has 1 N–H and O–H groups in total. The van der Waals surface area contributed by atoms with Crippen LogP contribution in [-0.4, -0.2) is 80.6 Å². The Hall–Kier alpha value is -3.19. The number of aliphatic hydroxyl groups excluding tert-OH is 1. The zero-order valence-corrected chi connectivity index (χ0v) is 20.5. The van der Waals surface area contributed by atoms with Gasteiger partial charge in [-0.15, -0.1) is 5.10 Å². The number of cyclic esters (lactones) is 1. The molecule has 36 heavy (non-hydrogen) atoms. The number of nitrogens with zero attached hydrogens (tertiary/aromatic N) is 6. The summed E-state index contributed by atoms with van der Waals surface area (Å²) in [7, 11) is -3.67. The van der Waals surface area contributed by atoms with Gasteiger partial charge in [0, 0.05) is 37.3 Å². The Morgan fingerprint density at radius 1 is 1.11 bits per heavy atom. The maximum Gasteiger partial charge on any atom is 0.338 e. The first kappa shape index (κ1) is 23.2. The van der Waals surface area contributed by atoms with E-state index in [1.54, 1.807) is 40.7 Å². The number of aromatic nitrogens is 4. The summed E-state index contributed by atoms with van der Waals surface area (Å²) in [5.74, 6) is -0.326. The number of piperazine rings is 1. The summed E-state index contributed by atoms with van der Waals surface area (Å²) in [6.07, 6.45) is 2.29. The Morgan fingerprint density at radius 2 is 1.83 bits per heavy atom.